The summed E-state index contributed by atoms with van der Waals surface area (Å²) in [6, 6.07) is 8.08. The van der Waals surface area contributed by atoms with Gasteiger partial charge in [0.2, 0.25) is 5.91 Å². The van der Waals surface area contributed by atoms with Crippen LogP contribution in [0.5, 0.6) is 0 Å². The zero-order chi connectivity index (χ0) is 19.3. The summed E-state index contributed by atoms with van der Waals surface area (Å²) in [7, 11) is 0. The molecular formula is C20H16FN5O2. The van der Waals surface area contributed by atoms with Crippen molar-refractivity contribution >= 4 is 17.0 Å². The minimum atomic E-state index is -0.307. The lowest BCUT2D eigenvalue weighted by molar-refractivity contribution is -0.130. The van der Waals surface area contributed by atoms with Crippen LogP contribution in [0.4, 0.5) is 4.39 Å². The normalized spacial score (nSPS) is 13.7. The van der Waals surface area contributed by atoms with Gasteiger partial charge in [0.15, 0.2) is 5.58 Å². The van der Waals surface area contributed by atoms with Gasteiger partial charge in [-0.2, -0.15) is 5.10 Å². The van der Waals surface area contributed by atoms with E-state index in [4.69, 9.17) is 9.62 Å². The highest BCUT2D eigenvalue weighted by Gasteiger charge is 2.28. The zero-order valence-electron chi connectivity index (χ0n) is 15.1. The van der Waals surface area contributed by atoms with Crippen molar-refractivity contribution in [2.45, 2.75) is 20.0 Å². The average Bonchev–Trinajstić information content (AvgIpc) is 3.32. The van der Waals surface area contributed by atoms with Crippen LogP contribution in [0, 0.1) is 5.82 Å². The molecule has 0 saturated carbocycles. The molecule has 0 radical (unpaired) electrons. The molecule has 8 heteroatoms. The quantitative estimate of drug-likeness (QED) is 0.536. The number of halogens is 1. The highest BCUT2D eigenvalue weighted by atomic mass is 19.1. The van der Waals surface area contributed by atoms with Gasteiger partial charge in [0.1, 0.15) is 17.0 Å². The third kappa shape index (κ3) is 2.57. The van der Waals surface area contributed by atoms with E-state index >= 15 is 0 Å². The number of hydrogen-bond donors (Lipinski definition) is 0. The minimum absolute atomic E-state index is 0.0151. The van der Waals surface area contributed by atoms with E-state index in [0.29, 0.717) is 36.4 Å². The highest BCUT2D eigenvalue weighted by Crippen LogP contribution is 2.39. The number of benzene rings is 1. The molecule has 0 aliphatic carbocycles. The van der Waals surface area contributed by atoms with Crippen LogP contribution in [0.1, 0.15) is 12.6 Å². The maximum absolute atomic E-state index is 13.5. The lowest BCUT2D eigenvalue weighted by Gasteiger charge is -2.27. The number of amides is 1. The molecule has 0 N–H and O–H groups in total. The number of carbonyl (C=O) groups excluding carboxylic acids is 1. The van der Waals surface area contributed by atoms with E-state index in [9.17, 15) is 9.18 Å². The standard InChI is InChI=1S/C20H16FN5O2/c1-12(27)25-8-9-26-17(11-25)18(15-6-7-22-16-10-23-28-20(15)16)19(24-26)13-2-4-14(21)5-3-13/h2-7,10H,8-9,11H2,1H3. The first kappa shape index (κ1) is 16.6. The van der Waals surface area contributed by atoms with Gasteiger partial charge in [-0.25, -0.2) is 4.39 Å². The molecule has 0 atom stereocenters. The van der Waals surface area contributed by atoms with Crippen LogP contribution in [0.25, 0.3) is 33.5 Å². The number of aromatic nitrogens is 4. The summed E-state index contributed by atoms with van der Waals surface area (Å²) in [5.41, 5.74) is 5.25. The third-order valence-corrected chi connectivity index (χ3v) is 5.06. The van der Waals surface area contributed by atoms with Gasteiger partial charge in [-0.3, -0.25) is 14.5 Å². The molecule has 140 valence electrons. The van der Waals surface area contributed by atoms with Gasteiger partial charge < -0.3 is 9.42 Å². The zero-order valence-corrected chi connectivity index (χ0v) is 15.1. The van der Waals surface area contributed by atoms with Gasteiger partial charge in [0, 0.05) is 36.4 Å². The Labute approximate surface area is 159 Å². The SMILES string of the molecule is CC(=O)N1CCn2nc(-c3ccc(F)cc3)c(-c3ccnc4cnoc34)c2C1. The molecular weight excluding hydrogens is 361 g/mol. The van der Waals surface area contributed by atoms with Crippen LogP contribution in [-0.2, 0) is 17.9 Å². The summed E-state index contributed by atoms with van der Waals surface area (Å²) in [5, 5.41) is 8.65. The Morgan fingerprint density at radius 1 is 1.18 bits per heavy atom. The first-order chi connectivity index (χ1) is 13.6. The molecule has 1 aliphatic rings. The molecule has 7 nitrogen and oxygen atoms in total. The molecule has 28 heavy (non-hydrogen) atoms. The fourth-order valence-corrected chi connectivity index (χ4v) is 3.66. The van der Waals surface area contributed by atoms with Crippen LogP contribution in [0.3, 0.4) is 0 Å². The van der Waals surface area contributed by atoms with Crippen molar-refractivity contribution in [3.05, 3.63) is 54.2 Å². The second-order valence-electron chi connectivity index (χ2n) is 6.74. The number of pyridine rings is 1. The Hall–Kier alpha value is -3.55. The van der Waals surface area contributed by atoms with E-state index in [1.807, 2.05) is 10.7 Å². The number of hydrogen-bond acceptors (Lipinski definition) is 5. The number of rotatable bonds is 2. The fraction of sp³-hybridized carbons (Fsp3) is 0.200. The minimum Gasteiger partial charge on any atom is -0.354 e. The Kier molecular flexibility index (Phi) is 3.71. The molecule has 5 rings (SSSR count). The number of nitrogens with zero attached hydrogens (tertiary/aromatic N) is 5. The van der Waals surface area contributed by atoms with Gasteiger partial charge in [0.05, 0.1) is 25.0 Å². The average molecular weight is 377 g/mol. The molecule has 1 amide bonds. The van der Waals surface area contributed by atoms with Crippen molar-refractivity contribution < 1.29 is 13.7 Å². The fourth-order valence-electron chi connectivity index (χ4n) is 3.66. The Bertz CT molecular complexity index is 1200. The van der Waals surface area contributed by atoms with E-state index < -0.39 is 0 Å². The topological polar surface area (TPSA) is 77.1 Å². The molecule has 0 spiro atoms. The summed E-state index contributed by atoms with van der Waals surface area (Å²) in [6.07, 6.45) is 3.26. The summed E-state index contributed by atoms with van der Waals surface area (Å²) in [6.45, 7) is 3.19. The second-order valence-corrected chi connectivity index (χ2v) is 6.74. The monoisotopic (exact) mass is 377 g/mol. The lowest BCUT2D eigenvalue weighted by Crippen LogP contribution is -2.37. The molecule has 0 fully saturated rings. The first-order valence-corrected chi connectivity index (χ1v) is 8.92. The molecule has 0 unspecified atom stereocenters. The predicted molar refractivity (Wildman–Crippen MR) is 99.5 cm³/mol. The maximum atomic E-state index is 13.5. The van der Waals surface area contributed by atoms with Gasteiger partial charge in [-0.05, 0) is 30.3 Å². The largest absolute Gasteiger partial charge is 0.354 e. The van der Waals surface area contributed by atoms with Crippen molar-refractivity contribution in [3.63, 3.8) is 0 Å². The van der Waals surface area contributed by atoms with Crippen LogP contribution in [-0.4, -0.2) is 37.3 Å². The van der Waals surface area contributed by atoms with Crippen molar-refractivity contribution in [1.82, 2.24) is 24.8 Å². The van der Waals surface area contributed by atoms with Crippen LogP contribution < -0.4 is 0 Å². The van der Waals surface area contributed by atoms with E-state index in [0.717, 1.165) is 22.4 Å². The molecule has 4 aromatic rings. The Balaban J connectivity index is 1.78. The maximum Gasteiger partial charge on any atom is 0.219 e. The van der Waals surface area contributed by atoms with Crippen LogP contribution in [0.15, 0.2) is 47.2 Å². The van der Waals surface area contributed by atoms with Crippen molar-refractivity contribution in [1.29, 1.82) is 0 Å². The smallest absolute Gasteiger partial charge is 0.219 e. The predicted octanol–water partition coefficient (Wildman–Crippen LogP) is 3.25. The van der Waals surface area contributed by atoms with E-state index in [2.05, 4.69) is 10.1 Å². The summed E-state index contributed by atoms with van der Waals surface area (Å²) < 4.78 is 20.8. The third-order valence-electron chi connectivity index (χ3n) is 5.06. The van der Waals surface area contributed by atoms with Crippen LogP contribution >= 0.6 is 0 Å². The second kappa shape index (κ2) is 6.26. The van der Waals surface area contributed by atoms with E-state index in [-0.39, 0.29) is 11.7 Å². The lowest BCUT2D eigenvalue weighted by atomic mass is 9.98. The Morgan fingerprint density at radius 2 is 2.00 bits per heavy atom. The molecule has 0 bridgehead atoms. The van der Waals surface area contributed by atoms with Crippen molar-refractivity contribution in [2.24, 2.45) is 0 Å². The molecule has 4 heterocycles. The Morgan fingerprint density at radius 3 is 2.79 bits per heavy atom. The summed E-state index contributed by atoms with van der Waals surface area (Å²) in [4.78, 5) is 18.0. The van der Waals surface area contributed by atoms with Gasteiger partial charge in [-0.1, -0.05) is 5.16 Å². The molecule has 3 aromatic heterocycles. The van der Waals surface area contributed by atoms with Gasteiger partial charge in [0.25, 0.3) is 0 Å². The van der Waals surface area contributed by atoms with Gasteiger partial charge >= 0.3 is 0 Å². The molecule has 1 aliphatic heterocycles. The van der Waals surface area contributed by atoms with E-state index in [1.165, 1.54) is 12.1 Å². The highest BCUT2D eigenvalue weighted by molar-refractivity contribution is 5.95. The number of carbonyl (C=O) groups is 1. The van der Waals surface area contributed by atoms with Gasteiger partial charge in [-0.15, -0.1) is 0 Å². The van der Waals surface area contributed by atoms with Crippen molar-refractivity contribution in [3.8, 4) is 22.4 Å². The first-order valence-electron chi connectivity index (χ1n) is 8.92. The summed E-state index contributed by atoms with van der Waals surface area (Å²) >= 11 is 0. The number of fused-ring (bicyclic) bond motifs is 2. The molecule has 1 aromatic carbocycles. The van der Waals surface area contributed by atoms with Crippen LogP contribution in [0.2, 0.25) is 0 Å². The molecule has 0 saturated heterocycles. The van der Waals surface area contributed by atoms with E-state index in [1.54, 1.807) is 36.4 Å². The van der Waals surface area contributed by atoms with Crippen molar-refractivity contribution in [2.75, 3.05) is 6.54 Å². The summed E-state index contributed by atoms with van der Waals surface area (Å²) in [5.74, 6) is -0.292.